The molecule has 0 saturated carbocycles. The van der Waals surface area contributed by atoms with Crippen molar-refractivity contribution in [3.63, 3.8) is 0 Å². The first-order valence-electron chi connectivity index (χ1n) is 10.3. The highest BCUT2D eigenvalue weighted by molar-refractivity contribution is 6.31. The molecule has 5 rings (SSSR count). The van der Waals surface area contributed by atoms with Crippen LogP contribution < -0.4 is 9.64 Å². The van der Waals surface area contributed by atoms with Crippen LogP contribution in [0.2, 0.25) is 5.02 Å². The summed E-state index contributed by atoms with van der Waals surface area (Å²) in [5.74, 6) is -1.57. The van der Waals surface area contributed by atoms with Crippen LogP contribution in [0.4, 0.5) is 5.69 Å². The number of fused-ring (bicyclic) bond motifs is 1. The Hall–Kier alpha value is -4.23. The fourth-order valence-corrected chi connectivity index (χ4v) is 4.28. The molecule has 0 saturated heterocycles. The Morgan fingerprint density at radius 1 is 1.03 bits per heavy atom. The van der Waals surface area contributed by atoms with E-state index in [-0.39, 0.29) is 17.1 Å². The van der Waals surface area contributed by atoms with E-state index in [9.17, 15) is 19.8 Å². The van der Waals surface area contributed by atoms with E-state index in [4.69, 9.17) is 20.8 Å². The number of phenols is 1. The van der Waals surface area contributed by atoms with Gasteiger partial charge < -0.3 is 19.4 Å². The number of carbonyl (C=O) groups is 2. The molecule has 34 heavy (non-hydrogen) atoms. The van der Waals surface area contributed by atoms with E-state index in [0.29, 0.717) is 33.0 Å². The number of methoxy groups -OCH3 is 1. The number of nitrogens with zero attached hydrogens (tertiary/aromatic N) is 1. The lowest BCUT2D eigenvalue weighted by atomic mass is 9.94. The fraction of sp³-hybridized carbons (Fsp3) is 0.0769. The van der Waals surface area contributed by atoms with E-state index in [1.54, 1.807) is 54.6 Å². The van der Waals surface area contributed by atoms with Gasteiger partial charge in [0.1, 0.15) is 17.1 Å². The molecule has 1 amide bonds. The van der Waals surface area contributed by atoms with Crippen LogP contribution in [0.5, 0.6) is 11.5 Å². The topological polar surface area (TPSA) is 100 Å². The second-order valence-electron chi connectivity index (χ2n) is 7.75. The number of halogens is 1. The molecule has 0 fully saturated rings. The van der Waals surface area contributed by atoms with Gasteiger partial charge in [0.15, 0.2) is 11.5 Å². The number of rotatable bonds is 5. The zero-order valence-corrected chi connectivity index (χ0v) is 18.6. The minimum Gasteiger partial charge on any atom is -0.508 e. The van der Waals surface area contributed by atoms with Gasteiger partial charge in [-0.2, -0.15) is 0 Å². The molecule has 8 heteroatoms. The first kappa shape index (κ1) is 21.6. The number of hydrogen-bond donors (Lipinski definition) is 2. The molecule has 170 valence electrons. The van der Waals surface area contributed by atoms with Crippen molar-refractivity contribution in [2.45, 2.75) is 6.04 Å². The van der Waals surface area contributed by atoms with Gasteiger partial charge in [0.2, 0.25) is 5.78 Å². The average molecular weight is 476 g/mol. The molecule has 1 atom stereocenters. The SMILES string of the molecule is COc1cccc(N2C(=O)C(O)=C(C(=O)c3cc4cc(Cl)ccc4o3)C2c2ccc(O)cc2)c1. The Bertz CT molecular complexity index is 1470. The molecule has 0 spiro atoms. The van der Waals surface area contributed by atoms with Crippen LogP contribution in [0, 0.1) is 0 Å². The highest BCUT2D eigenvalue weighted by Gasteiger charge is 2.45. The van der Waals surface area contributed by atoms with Gasteiger partial charge in [-0.15, -0.1) is 0 Å². The number of ether oxygens (including phenoxy) is 1. The van der Waals surface area contributed by atoms with E-state index in [1.165, 1.54) is 30.2 Å². The van der Waals surface area contributed by atoms with Crippen LogP contribution in [-0.4, -0.2) is 29.0 Å². The largest absolute Gasteiger partial charge is 0.508 e. The average Bonchev–Trinajstić information content (AvgIpc) is 3.37. The lowest BCUT2D eigenvalue weighted by molar-refractivity contribution is -0.117. The monoisotopic (exact) mass is 475 g/mol. The van der Waals surface area contributed by atoms with E-state index in [0.717, 1.165) is 0 Å². The summed E-state index contributed by atoms with van der Waals surface area (Å²) in [5.41, 5.74) is 1.25. The number of aliphatic hydroxyl groups is 1. The van der Waals surface area contributed by atoms with Gasteiger partial charge in [0.25, 0.3) is 5.91 Å². The predicted octanol–water partition coefficient (Wildman–Crippen LogP) is 5.58. The number of Topliss-reactive ketones (excluding diaryl/α,β-unsaturated/α-hetero) is 1. The molecule has 1 aliphatic rings. The van der Waals surface area contributed by atoms with Crippen LogP contribution in [0.1, 0.15) is 22.2 Å². The van der Waals surface area contributed by atoms with E-state index >= 15 is 0 Å². The number of carbonyl (C=O) groups excluding carboxylic acids is 2. The van der Waals surface area contributed by atoms with Gasteiger partial charge in [-0.1, -0.05) is 29.8 Å². The zero-order valence-electron chi connectivity index (χ0n) is 17.9. The summed E-state index contributed by atoms with van der Waals surface area (Å²) in [6, 6.07) is 18.3. The highest BCUT2D eigenvalue weighted by Crippen LogP contribution is 2.43. The van der Waals surface area contributed by atoms with Gasteiger partial charge in [-0.25, -0.2) is 0 Å². The molecule has 1 unspecified atom stereocenters. The molecule has 7 nitrogen and oxygen atoms in total. The Labute approximate surface area is 199 Å². The third kappa shape index (κ3) is 3.56. The van der Waals surface area contributed by atoms with Gasteiger partial charge in [-0.3, -0.25) is 14.5 Å². The highest BCUT2D eigenvalue weighted by atomic mass is 35.5. The zero-order chi connectivity index (χ0) is 24.0. The second kappa shape index (κ2) is 8.28. The number of anilines is 1. The number of ketones is 1. The molecule has 0 bridgehead atoms. The van der Waals surface area contributed by atoms with Crippen LogP contribution in [0.3, 0.4) is 0 Å². The summed E-state index contributed by atoms with van der Waals surface area (Å²) in [5, 5.41) is 21.7. The third-order valence-electron chi connectivity index (χ3n) is 5.70. The normalized spacial score (nSPS) is 15.9. The quantitative estimate of drug-likeness (QED) is 0.365. The van der Waals surface area contributed by atoms with Crippen molar-refractivity contribution < 1.29 is 29.0 Å². The molecule has 3 aromatic carbocycles. The van der Waals surface area contributed by atoms with Crippen molar-refractivity contribution in [1.82, 2.24) is 0 Å². The van der Waals surface area contributed by atoms with E-state index in [2.05, 4.69) is 0 Å². The maximum atomic E-state index is 13.6. The van der Waals surface area contributed by atoms with Crippen molar-refractivity contribution in [3.8, 4) is 11.5 Å². The minimum atomic E-state index is -0.968. The summed E-state index contributed by atoms with van der Waals surface area (Å²) in [7, 11) is 1.50. The minimum absolute atomic E-state index is 0.0243. The first-order chi connectivity index (χ1) is 16.4. The van der Waals surface area contributed by atoms with Gasteiger partial charge in [0, 0.05) is 22.2 Å². The first-order valence-corrected chi connectivity index (χ1v) is 10.7. The smallest absolute Gasteiger partial charge is 0.294 e. The van der Waals surface area contributed by atoms with Crippen LogP contribution in [0.25, 0.3) is 11.0 Å². The molecule has 1 aliphatic heterocycles. The van der Waals surface area contributed by atoms with E-state index < -0.39 is 23.5 Å². The maximum Gasteiger partial charge on any atom is 0.294 e. The molecular formula is C26H18ClNO6. The molecule has 0 aliphatic carbocycles. The van der Waals surface area contributed by atoms with Crippen molar-refractivity contribution in [3.05, 3.63) is 100 Å². The van der Waals surface area contributed by atoms with Gasteiger partial charge in [-0.05, 0) is 54.1 Å². The fourth-order valence-electron chi connectivity index (χ4n) is 4.09. The molecule has 2 N–H and O–H groups in total. The summed E-state index contributed by atoms with van der Waals surface area (Å²) >= 11 is 6.05. The Morgan fingerprint density at radius 3 is 2.53 bits per heavy atom. The molecule has 2 heterocycles. The Morgan fingerprint density at radius 2 is 1.79 bits per heavy atom. The summed E-state index contributed by atoms with van der Waals surface area (Å²) in [6.45, 7) is 0. The number of amides is 1. The summed E-state index contributed by atoms with van der Waals surface area (Å²) in [6.07, 6.45) is 0. The second-order valence-corrected chi connectivity index (χ2v) is 8.19. The standard InChI is InChI=1S/C26H18ClNO6/c1-33-19-4-2-3-17(13-19)28-23(14-5-8-18(29)9-6-14)22(25(31)26(28)32)24(30)21-12-15-11-16(27)7-10-20(15)34-21/h2-13,23,29,31H,1H3. The summed E-state index contributed by atoms with van der Waals surface area (Å²) < 4.78 is 11.0. The lowest BCUT2D eigenvalue weighted by Crippen LogP contribution is -2.31. The van der Waals surface area contributed by atoms with Crippen molar-refractivity contribution in [2.75, 3.05) is 12.0 Å². The van der Waals surface area contributed by atoms with Crippen molar-refractivity contribution in [2.24, 2.45) is 0 Å². The van der Waals surface area contributed by atoms with Crippen molar-refractivity contribution in [1.29, 1.82) is 0 Å². The number of aliphatic hydroxyl groups excluding tert-OH is 1. The van der Waals surface area contributed by atoms with Crippen LogP contribution in [0.15, 0.2) is 88.5 Å². The van der Waals surface area contributed by atoms with E-state index in [1.807, 2.05) is 0 Å². The molecule has 0 radical (unpaired) electrons. The molecule has 1 aromatic heterocycles. The molecule has 4 aromatic rings. The van der Waals surface area contributed by atoms with Gasteiger partial charge in [0.05, 0.1) is 18.7 Å². The Balaban J connectivity index is 1.66. The van der Waals surface area contributed by atoms with Crippen LogP contribution >= 0.6 is 11.6 Å². The number of phenolic OH excluding ortho intramolecular Hbond substituents is 1. The van der Waals surface area contributed by atoms with Gasteiger partial charge >= 0.3 is 0 Å². The lowest BCUT2D eigenvalue weighted by Gasteiger charge is -2.27. The predicted molar refractivity (Wildman–Crippen MR) is 127 cm³/mol. The number of hydrogen-bond acceptors (Lipinski definition) is 6. The Kier molecular flexibility index (Phi) is 5.26. The molecular weight excluding hydrogens is 458 g/mol. The number of furan rings is 1. The number of benzene rings is 3. The third-order valence-corrected chi connectivity index (χ3v) is 5.93. The number of aromatic hydroxyl groups is 1. The summed E-state index contributed by atoms with van der Waals surface area (Å²) in [4.78, 5) is 28.2. The maximum absolute atomic E-state index is 13.6. The van der Waals surface area contributed by atoms with Crippen LogP contribution in [-0.2, 0) is 4.79 Å². The van der Waals surface area contributed by atoms with Crippen molar-refractivity contribution >= 4 is 39.9 Å².